The zero-order valence-corrected chi connectivity index (χ0v) is 28.2. The summed E-state index contributed by atoms with van der Waals surface area (Å²) >= 11 is 1.46. The lowest BCUT2D eigenvalue weighted by Crippen LogP contribution is -2.39. The maximum atomic E-state index is 12.9. The first-order valence-corrected chi connectivity index (χ1v) is 17.4. The number of amides is 1. The summed E-state index contributed by atoms with van der Waals surface area (Å²) in [6, 6.07) is 36.8. The summed E-state index contributed by atoms with van der Waals surface area (Å²) in [5.74, 6) is 0.261. The Hall–Kier alpha value is -5.13. The van der Waals surface area contributed by atoms with E-state index < -0.39 is 6.29 Å². The molecule has 1 aliphatic rings. The number of aliphatic hydroxyl groups is 1. The summed E-state index contributed by atoms with van der Waals surface area (Å²) in [7, 11) is 0. The Morgan fingerprint density at radius 2 is 1.62 bits per heavy atom. The SMILES string of the molecule is C[C@@H]1[C@H](CSc2cccc[n+]2[O-])O[C@H](c2cccc(-c3cccc(CNC(=O)c4cnc5ccccc5n4)c3)c2)O[C@@H]1c1ccc(CO)cc1. The Morgan fingerprint density at radius 1 is 0.860 bits per heavy atom. The number of para-hydroxylation sites is 2. The van der Waals surface area contributed by atoms with Crippen LogP contribution in [0.3, 0.4) is 0 Å². The average Bonchev–Trinajstić information content (AvgIpc) is 3.17. The number of hydrogen-bond acceptors (Lipinski definition) is 8. The molecule has 7 rings (SSSR count). The number of ether oxygens (including phenoxy) is 2. The highest BCUT2D eigenvalue weighted by Gasteiger charge is 2.38. The molecule has 1 aliphatic heterocycles. The van der Waals surface area contributed by atoms with Crippen LogP contribution in [-0.2, 0) is 22.6 Å². The number of pyridine rings is 1. The molecule has 0 saturated carbocycles. The minimum Gasteiger partial charge on any atom is -0.618 e. The molecule has 252 valence electrons. The molecular weight excluding hydrogens is 649 g/mol. The molecule has 0 aliphatic carbocycles. The number of thioether (sulfide) groups is 1. The van der Waals surface area contributed by atoms with Gasteiger partial charge in [-0.3, -0.25) is 9.78 Å². The van der Waals surface area contributed by atoms with E-state index >= 15 is 0 Å². The molecule has 10 heteroatoms. The number of aliphatic hydroxyl groups excluding tert-OH is 1. The summed E-state index contributed by atoms with van der Waals surface area (Å²) in [5.41, 5.74) is 7.28. The maximum absolute atomic E-state index is 12.9. The number of hydrogen-bond donors (Lipinski definition) is 2. The van der Waals surface area contributed by atoms with Crippen molar-refractivity contribution in [3.05, 3.63) is 161 Å². The van der Waals surface area contributed by atoms with Crippen molar-refractivity contribution in [3.63, 3.8) is 0 Å². The molecule has 1 fully saturated rings. The first-order chi connectivity index (χ1) is 24.4. The highest BCUT2D eigenvalue weighted by molar-refractivity contribution is 7.99. The monoisotopic (exact) mass is 684 g/mol. The average molecular weight is 685 g/mol. The molecule has 9 nitrogen and oxygen atoms in total. The largest absolute Gasteiger partial charge is 0.618 e. The highest BCUT2D eigenvalue weighted by atomic mass is 32.2. The number of aromatic nitrogens is 3. The highest BCUT2D eigenvalue weighted by Crippen LogP contribution is 2.43. The number of benzene rings is 4. The third-order valence-corrected chi connectivity index (χ3v) is 9.97. The van der Waals surface area contributed by atoms with E-state index in [2.05, 4.69) is 34.3 Å². The van der Waals surface area contributed by atoms with E-state index in [1.807, 2.05) is 97.1 Å². The Bertz CT molecular complexity index is 2110. The third kappa shape index (κ3) is 7.54. The molecule has 0 bridgehead atoms. The zero-order chi connectivity index (χ0) is 34.5. The molecule has 0 radical (unpaired) electrons. The summed E-state index contributed by atoms with van der Waals surface area (Å²) in [6.07, 6.45) is 1.85. The van der Waals surface area contributed by atoms with Crippen LogP contribution in [0.15, 0.2) is 133 Å². The van der Waals surface area contributed by atoms with Gasteiger partial charge in [-0.05, 0) is 58.1 Å². The van der Waals surface area contributed by atoms with Crippen LogP contribution in [0.1, 0.15) is 52.1 Å². The number of rotatable bonds is 10. The number of fused-ring (bicyclic) bond motifs is 1. The third-order valence-electron chi connectivity index (χ3n) is 8.86. The molecule has 0 spiro atoms. The molecule has 1 amide bonds. The normalized spacial score (nSPS) is 18.9. The fourth-order valence-corrected chi connectivity index (χ4v) is 7.15. The summed E-state index contributed by atoms with van der Waals surface area (Å²) in [4.78, 5) is 21.7. The van der Waals surface area contributed by atoms with Gasteiger partial charge in [0.05, 0.1) is 36.0 Å². The van der Waals surface area contributed by atoms with Crippen molar-refractivity contribution in [3.8, 4) is 11.1 Å². The second-order valence-electron chi connectivity index (χ2n) is 12.3. The van der Waals surface area contributed by atoms with Crippen LogP contribution in [0.25, 0.3) is 22.2 Å². The van der Waals surface area contributed by atoms with Crippen molar-refractivity contribution in [2.75, 3.05) is 5.75 Å². The summed E-state index contributed by atoms with van der Waals surface area (Å²) in [5, 5.41) is 25.5. The van der Waals surface area contributed by atoms with Crippen LogP contribution in [0.5, 0.6) is 0 Å². The lowest BCUT2D eigenvalue weighted by molar-refractivity contribution is -0.645. The topological polar surface area (TPSA) is 121 Å². The minimum atomic E-state index is -0.653. The van der Waals surface area contributed by atoms with Gasteiger partial charge in [-0.25, -0.2) is 4.98 Å². The van der Waals surface area contributed by atoms with E-state index in [1.54, 1.807) is 6.07 Å². The lowest BCUT2D eigenvalue weighted by atomic mass is 9.91. The molecule has 50 heavy (non-hydrogen) atoms. The second kappa shape index (κ2) is 15.2. The van der Waals surface area contributed by atoms with Gasteiger partial charge in [0.2, 0.25) is 0 Å². The molecular formula is C40H36N4O5S. The molecule has 6 aromatic rings. The second-order valence-corrected chi connectivity index (χ2v) is 13.3. The van der Waals surface area contributed by atoms with Crippen molar-refractivity contribution in [2.24, 2.45) is 5.92 Å². The van der Waals surface area contributed by atoms with E-state index in [0.717, 1.165) is 43.6 Å². The van der Waals surface area contributed by atoms with Crippen LogP contribution in [0.4, 0.5) is 0 Å². The van der Waals surface area contributed by atoms with Crippen LogP contribution >= 0.6 is 11.8 Å². The number of carbonyl (C=O) groups is 1. The first-order valence-electron chi connectivity index (χ1n) is 16.5. The molecule has 2 aromatic heterocycles. The van der Waals surface area contributed by atoms with Crippen LogP contribution in [-0.4, -0.2) is 32.8 Å². The Kier molecular flexibility index (Phi) is 10.1. The number of carbonyl (C=O) groups excluding carboxylic acids is 1. The van der Waals surface area contributed by atoms with Gasteiger partial charge in [-0.15, -0.1) is 0 Å². The minimum absolute atomic E-state index is 0.0156. The predicted molar refractivity (Wildman–Crippen MR) is 192 cm³/mol. The fourth-order valence-electron chi connectivity index (χ4n) is 6.07. The van der Waals surface area contributed by atoms with Gasteiger partial charge in [0.15, 0.2) is 12.5 Å². The molecule has 0 unspecified atom stereocenters. The van der Waals surface area contributed by atoms with Crippen LogP contribution < -0.4 is 10.0 Å². The van der Waals surface area contributed by atoms with Gasteiger partial charge in [0.25, 0.3) is 10.9 Å². The number of nitrogens with zero attached hydrogens (tertiary/aromatic N) is 3. The molecule has 3 heterocycles. The fraction of sp³-hybridized carbons (Fsp3) is 0.200. The first kappa shape index (κ1) is 33.4. The van der Waals surface area contributed by atoms with Crippen LogP contribution in [0, 0.1) is 11.1 Å². The number of nitrogens with one attached hydrogen (secondary N) is 1. The quantitative estimate of drug-likeness (QED) is 0.0905. The molecule has 4 aromatic carbocycles. The smallest absolute Gasteiger partial charge is 0.271 e. The van der Waals surface area contributed by atoms with Gasteiger partial charge in [-0.1, -0.05) is 91.5 Å². The van der Waals surface area contributed by atoms with E-state index in [1.165, 1.54) is 24.2 Å². The molecule has 4 atom stereocenters. The van der Waals surface area contributed by atoms with Gasteiger partial charge in [0.1, 0.15) is 5.69 Å². The van der Waals surface area contributed by atoms with Crippen LogP contribution in [0.2, 0.25) is 0 Å². The lowest BCUT2D eigenvalue weighted by Gasteiger charge is -2.41. The molecule has 2 N–H and O–H groups in total. The van der Waals surface area contributed by atoms with Gasteiger partial charge < -0.3 is 25.1 Å². The summed E-state index contributed by atoms with van der Waals surface area (Å²) in [6.45, 7) is 2.40. The predicted octanol–water partition coefficient (Wildman–Crippen LogP) is 6.94. The molecule has 1 saturated heterocycles. The Balaban J connectivity index is 1.09. The van der Waals surface area contributed by atoms with E-state index in [9.17, 15) is 15.1 Å². The van der Waals surface area contributed by atoms with Crippen molar-refractivity contribution >= 4 is 28.7 Å². The van der Waals surface area contributed by atoms with E-state index in [0.29, 0.717) is 22.8 Å². The standard InChI is InChI=1S/C40H36N4O5S/c1-26-36(25-50-37-14-4-5-19-44(37)47)48-40(49-38(26)29-17-15-27(24-45)16-18-29)32-11-7-10-31(21-32)30-9-6-8-28(20-30)22-42-39(46)35-23-41-33-12-2-3-13-34(33)43-35/h2-21,23,26,36,38,40,45H,22,24-25H2,1H3,(H,42,46)/t26-,36+,38+,40+/m1/s1. The van der Waals surface area contributed by atoms with Gasteiger partial charge in [-0.2, -0.15) is 4.73 Å². The van der Waals surface area contributed by atoms with Crippen molar-refractivity contribution < 1.29 is 24.1 Å². The maximum Gasteiger partial charge on any atom is 0.271 e. The van der Waals surface area contributed by atoms with E-state index in [-0.39, 0.29) is 36.3 Å². The van der Waals surface area contributed by atoms with E-state index in [4.69, 9.17) is 9.47 Å². The van der Waals surface area contributed by atoms with Gasteiger partial charge >= 0.3 is 0 Å². The Morgan fingerprint density at radius 3 is 2.42 bits per heavy atom. The Labute approximate surface area is 294 Å². The van der Waals surface area contributed by atoms with Crippen molar-refractivity contribution in [1.29, 1.82) is 0 Å². The zero-order valence-electron chi connectivity index (χ0n) is 27.4. The van der Waals surface area contributed by atoms with Gasteiger partial charge in [0, 0.05) is 35.9 Å². The van der Waals surface area contributed by atoms with Crippen molar-refractivity contribution in [1.82, 2.24) is 15.3 Å². The van der Waals surface area contributed by atoms with Crippen molar-refractivity contribution in [2.45, 2.75) is 43.6 Å². The summed E-state index contributed by atoms with van der Waals surface area (Å²) < 4.78 is 14.2.